The summed E-state index contributed by atoms with van der Waals surface area (Å²) in [5.74, 6) is -0.647. The van der Waals surface area contributed by atoms with Crippen LogP contribution < -0.4 is 4.90 Å². The number of halogens is 1. The average Bonchev–Trinajstić information content (AvgIpc) is 2.66. The molecule has 1 amide bonds. The van der Waals surface area contributed by atoms with Gasteiger partial charge in [-0.15, -0.1) is 0 Å². The van der Waals surface area contributed by atoms with E-state index in [4.69, 9.17) is 11.6 Å². The predicted octanol–water partition coefficient (Wildman–Crippen LogP) is 5.72. The van der Waals surface area contributed by atoms with Crippen molar-refractivity contribution in [3.05, 3.63) is 80.0 Å². The van der Waals surface area contributed by atoms with Crippen molar-refractivity contribution >= 4 is 34.7 Å². The number of ketones is 1. The second kappa shape index (κ2) is 7.61. The second-order valence-corrected chi connectivity index (χ2v) is 9.47. The summed E-state index contributed by atoms with van der Waals surface area (Å²) in [6.07, 6.45) is 0.902. The smallest absolute Gasteiger partial charge is 0.293 e. The van der Waals surface area contributed by atoms with Crippen LogP contribution in [0.3, 0.4) is 0 Å². The van der Waals surface area contributed by atoms with Crippen molar-refractivity contribution in [1.29, 1.82) is 0 Å². The van der Waals surface area contributed by atoms with E-state index in [-0.39, 0.29) is 45.8 Å². The van der Waals surface area contributed by atoms with E-state index in [1.165, 1.54) is 23.1 Å². The van der Waals surface area contributed by atoms with Gasteiger partial charge in [0, 0.05) is 41.1 Å². The fraction of sp³-hybridized carbons (Fsp3) is 0.333. The van der Waals surface area contributed by atoms with Gasteiger partial charge in [0.25, 0.3) is 5.69 Å². The van der Waals surface area contributed by atoms with Gasteiger partial charge in [0.05, 0.1) is 4.92 Å². The number of carbonyl (C=O) groups excluding carboxylic acids is 2. The molecule has 160 valence electrons. The van der Waals surface area contributed by atoms with E-state index in [1.54, 1.807) is 0 Å². The van der Waals surface area contributed by atoms with Gasteiger partial charge in [-0.25, -0.2) is 0 Å². The highest BCUT2D eigenvalue weighted by atomic mass is 35.5. The molecule has 2 aromatic rings. The van der Waals surface area contributed by atoms with E-state index in [0.29, 0.717) is 24.1 Å². The predicted molar refractivity (Wildman–Crippen MR) is 119 cm³/mol. The van der Waals surface area contributed by atoms with Gasteiger partial charge in [-0.2, -0.15) is 0 Å². The zero-order valence-electron chi connectivity index (χ0n) is 17.6. The maximum atomic E-state index is 13.5. The molecule has 1 heterocycles. The highest BCUT2D eigenvalue weighted by molar-refractivity contribution is 6.31. The molecular weight excluding hydrogens is 416 g/mol. The number of nitro groups is 1. The van der Waals surface area contributed by atoms with Crippen molar-refractivity contribution in [3.63, 3.8) is 0 Å². The highest BCUT2D eigenvalue weighted by Crippen LogP contribution is 2.50. The van der Waals surface area contributed by atoms with E-state index in [9.17, 15) is 19.7 Å². The van der Waals surface area contributed by atoms with Gasteiger partial charge in [0.15, 0.2) is 5.78 Å². The van der Waals surface area contributed by atoms with Crippen LogP contribution in [0, 0.1) is 22.5 Å². The van der Waals surface area contributed by atoms with Gasteiger partial charge < -0.3 is 0 Å². The van der Waals surface area contributed by atoms with Gasteiger partial charge >= 0.3 is 0 Å². The molecule has 7 heteroatoms. The van der Waals surface area contributed by atoms with Crippen molar-refractivity contribution in [2.45, 2.75) is 46.0 Å². The number of hydrogen-bond donors (Lipinski definition) is 0. The summed E-state index contributed by atoms with van der Waals surface area (Å²) in [7, 11) is 0. The Bertz CT molecular complexity index is 1150. The van der Waals surface area contributed by atoms with Crippen LogP contribution in [0.2, 0.25) is 5.02 Å². The van der Waals surface area contributed by atoms with Crippen LogP contribution in [-0.4, -0.2) is 16.6 Å². The summed E-state index contributed by atoms with van der Waals surface area (Å²) >= 11 is 6.15. The summed E-state index contributed by atoms with van der Waals surface area (Å²) in [6, 6.07) is 11.9. The Balaban J connectivity index is 1.98. The first kappa shape index (κ1) is 21.2. The van der Waals surface area contributed by atoms with Crippen LogP contribution in [-0.2, 0) is 9.59 Å². The van der Waals surface area contributed by atoms with E-state index in [0.717, 1.165) is 11.1 Å². The topological polar surface area (TPSA) is 80.5 Å². The molecule has 31 heavy (non-hydrogen) atoms. The standard InChI is InChI=1S/C24H23ClN2O4/c1-14-6-4-5-7-16(14)17-11-22(29)26(19-10-15(25)8-9-18(19)27(30)31)20-12-24(2,3)13-21(28)23(17)20/h4-10,17H,11-13H2,1-3H3. The molecule has 0 bridgehead atoms. The molecule has 0 saturated heterocycles. The van der Waals surface area contributed by atoms with E-state index < -0.39 is 4.92 Å². The van der Waals surface area contributed by atoms with E-state index >= 15 is 0 Å². The van der Waals surface area contributed by atoms with E-state index in [2.05, 4.69) is 0 Å². The summed E-state index contributed by atoms with van der Waals surface area (Å²) < 4.78 is 0. The molecule has 6 nitrogen and oxygen atoms in total. The van der Waals surface area contributed by atoms with Crippen molar-refractivity contribution in [3.8, 4) is 0 Å². The Morgan fingerprint density at radius 3 is 2.52 bits per heavy atom. The van der Waals surface area contributed by atoms with Gasteiger partial charge in [-0.1, -0.05) is 49.7 Å². The quantitative estimate of drug-likeness (QED) is 0.453. The zero-order chi connectivity index (χ0) is 22.5. The maximum absolute atomic E-state index is 13.5. The van der Waals surface area contributed by atoms with Crippen LogP contribution in [0.4, 0.5) is 11.4 Å². The van der Waals surface area contributed by atoms with Crippen molar-refractivity contribution in [1.82, 2.24) is 0 Å². The number of Topliss-reactive ketones (excluding diaryl/α,β-unsaturated/α-hetero) is 1. The lowest BCUT2D eigenvalue weighted by Gasteiger charge is -2.43. The van der Waals surface area contributed by atoms with Crippen molar-refractivity contribution in [2.24, 2.45) is 5.41 Å². The molecule has 1 atom stereocenters. The number of anilines is 1. The zero-order valence-corrected chi connectivity index (χ0v) is 18.4. The number of nitro benzene ring substituents is 1. The maximum Gasteiger partial charge on any atom is 0.293 e. The second-order valence-electron chi connectivity index (χ2n) is 9.03. The molecule has 0 radical (unpaired) electrons. The summed E-state index contributed by atoms with van der Waals surface area (Å²) in [6.45, 7) is 5.91. The van der Waals surface area contributed by atoms with Crippen LogP contribution in [0.5, 0.6) is 0 Å². The van der Waals surface area contributed by atoms with Gasteiger partial charge in [-0.05, 0) is 42.0 Å². The first-order valence-electron chi connectivity index (χ1n) is 10.2. The molecule has 1 unspecified atom stereocenters. The van der Waals surface area contributed by atoms with Gasteiger partial charge in [0.2, 0.25) is 5.91 Å². The number of benzene rings is 2. The number of aryl methyl sites for hydroxylation is 1. The molecular formula is C24H23ClN2O4. The third kappa shape index (κ3) is 3.76. The average molecular weight is 439 g/mol. The third-order valence-electron chi connectivity index (χ3n) is 6.08. The van der Waals surface area contributed by atoms with Crippen molar-refractivity contribution in [2.75, 3.05) is 4.90 Å². The van der Waals surface area contributed by atoms with Crippen molar-refractivity contribution < 1.29 is 14.5 Å². The van der Waals surface area contributed by atoms with Gasteiger partial charge in [-0.3, -0.25) is 24.6 Å². The Kier molecular flexibility index (Phi) is 5.21. The SMILES string of the molecule is Cc1ccccc1C1CC(=O)N(c2cc(Cl)ccc2[N+](=O)[O-])C2=C1C(=O)CC(C)(C)C2. The lowest BCUT2D eigenvalue weighted by molar-refractivity contribution is -0.384. The number of rotatable bonds is 3. The molecule has 2 aromatic carbocycles. The minimum atomic E-state index is -0.525. The Labute approximate surface area is 185 Å². The molecule has 0 saturated carbocycles. The normalized spacial score (nSPS) is 20.6. The van der Waals surface area contributed by atoms with E-state index in [1.807, 2.05) is 45.0 Å². The first-order valence-corrected chi connectivity index (χ1v) is 10.6. The lowest BCUT2D eigenvalue weighted by atomic mass is 9.69. The molecule has 0 aromatic heterocycles. The number of nitrogens with zero attached hydrogens (tertiary/aromatic N) is 2. The fourth-order valence-electron chi connectivity index (χ4n) is 4.77. The summed E-state index contributed by atoms with van der Waals surface area (Å²) in [5, 5.41) is 12.0. The molecule has 0 fully saturated rings. The van der Waals surface area contributed by atoms with Crippen LogP contribution in [0.1, 0.15) is 50.2 Å². The third-order valence-corrected chi connectivity index (χ3v) is 6.32. The number of carbonyl (C=O) groups is 2. The fourth-order valence-corrected chi connectivity index (χ4v) is 4.93. The summed E-state index contributed by atoms with van der Waals surface area (Å²) in [5.41, 5.74) is 2.62. The highest BCUT2D eigenvalue weighted by Gasteiger charge is 2.45. The molecule has 1 aliphatic carbocycles. The van der Waals surface area contributed by atoms with Crippen LogP contribution >= 0.6 is 11.6 Å². The Hall–Kier alpha value is -2.99. The molecule has 4 rings (SSSR count). The van der Waals surface area contributed by atoms with Gasteiger partial charge in [0.1, 0.15) is 5.69 Å². The minimum Gasteiger partial charge on any atom is -0.294 e. The summed E-state index contributed by atoms with van der Waals surface area (Å²) in [4.78, 5) is 39.4. The molecule has 2 aliphatic rings. The Morgan fingerprint density at radius 2 is 1.84 bits per heavy atom. The van der Waals surface area contributed by atoms with Crippen LogP contribution in [0.15, 0.2) is 53.7 Å². The minimum absolute atomic E-state index is 0.0123. The molecule has 0 N–H and O–H groups in total. The number of amides is 1. The Morgan fingerprint density at radius 1 is 1.13 bits per heavy atom. The molecule has 0 spiro atoms. The number of allylic oxidation sites excluding steroid dienone is 2. The number of hydrogen-bond acceptors (Lipinski definition) is 4. The monoisotopic (exact) mass is 438 g/mol. The largest absolute Gasteiger partial charge is 0.294 e. The first-order chi connectivity index (χ1) is 14.6. The molecule has 1 aliphatic heterocycles. The van der Waals surface area contributed by atoms with Crippen LogP contribution in [0.25, 0.3) is 0 Å². The lowest BCUT2D eigenvalue weighted by Crippen LogP contribution is -2.44.